The predicted octanol–water partition coefficient (Wildman–Crippen LogP) is 3.09. The van der Waals surface area contributed by atoms with Crippen molar-refractivity contribution in [2.45, 2.75) is 19.5 Å². The molecule has 3 heterocycles. The van der Waals surface area contributed by atoms with E-state index in [1.54, 1.807) is 6.20 Å². The van der Waals surface area contributed by atoms with Crippen molar-refractivity contribution in [2.75, 3.05) is 45.7 Å². The second-order valence-electron chi connectivity index (χ2n) is 8.18. The molecule has 0 unspecified atom stereocenters. The minimum atomic E-state index is 0.720. The third-order valence-corrected chi connectivity index (χ3v) is 5.50. The third kappa shape index (κ3) is 4.83. The molecule has 3 aromatic rings. The lowest BCUT2D eigenvalue weighted by Gasteiger charge is -2.32. The summed E-state index contributed by atoms with van der Waals surface area (Å²) >= 11 is 0. The number of rotatable bonds is 7. The zero-order valence-corrected chi connectivity index (χ0v) is 18.1. The van der Waals surface area contributed by atoms with Crippen LogP contribution in [0.3, 0.4) is 0 Å². The Morgan fingerprint density at radius 3 is 2.47 bits per heavy atom. The molecule has 156 valence electrons. The molecule has 0 amide bonds. The van der Waals surface area contributed by atoms with Gasteiger partial charge in [0, 0.05) is 58.0 Å². The van der Waals surface area contributed by atoms with Gasteiger partial charge in [0.2, 0.25) is 0 Å². The zero-order valence-electron chi connectivity index (χ0n) is 18.1. The molecule has 4 rings (SSSR count). The fraction of sp³-hybridized carbons (Fsp3) is 0.375. The SMILES string of the molecule is CN(C)CCN(C)c1nc(-c2ccccn2)nc2c1CN(Cc1ccccc1)CC2. The Morgan fingerprint density at radius 2 is 1.73 bits per heavy atom. The molecule has 0 atom stereocenters. The highest BCUT2D eigenvalue weighted by Crippen LogP contribution is 2.29. The Morgan fingerprint density at radius 1 is 0.933 bits per heavy atom. The molecule has 1 aliphatic rings. The molecule has 6 heteroatoms. The number of nitrogens with zero attached hydrogens (tertiary/aromatic N) is 6. The summed E-state index contributed by atoms with van der Waals surface area (Å²) in [5.74, 6) is 1.75. The summed E-state index contributed by atoms with van der Waals surface area (Å²) in [4.78, 5) is 21.3. The van der Waals surface area contributed by atoms with Crippen LogP contribution in [0, 0.1) is 0 Å². The van der Waals surface area contributed by atoms with Crippen molar-refractivity contribution in [1.29, 1.82) is 0 Å². The third-order valence-electron chi connectivity index (χ3n) is 5.50. The maximum atomic E-state index is 4.98. The molecule has 30 heavy (non-hydrogen) atoms. The van der Waals surface area contributed by atoms with Gasteiger partial charge < -0.3 is 9.80 Å². The summed E-state index contributed by atoms with van der Waals surface area (Å²) in [6.45, 7) is 4.71. The van der Waals surface area contributed by atoms with Crippen LogP contribution >= 0.6 is 0 Å². The van der Waals surface area contributed by atoms with Gasteiger partial charge in [-0.2, -0.15) is 0 Å². The quantitative estimate of drug-likeness (QED) is 0.605. The van der Waals surface area contributed by atoms with Crippen LogP contribution in [0.25, 0.3) is 11.5 Å². The van der Waals surface area contributed by atoms with E-state index in [2.05, 4.69) is 71.2 Å². The summed E-state index contributed by atoms with van der Waals surface area (Å²) in [7, 11) is 6.33. The molecular formula is C24H30N6. The Labute approximate surface area is 179 Å². The van der Waals surface area contributed by atoms with Crippen molar-refractivity contribution < 1.29 is 0 Å². The predicted molar refractivity (Wildman–Crippen MR) is 121 cm³/mol. The van der Waals surface area contributed by atoms with Crippen LogP contribution < -0.4 is 4.90 Å². The van der Waals surface area contributed by atoms with Gasteiger partial charge in [-0.1, -0.05) is 36.4 Å². The van der Waals surface area contributed by atoms with Gasteiger partial charge in [-0.05, 0) is 31.8 Å². The number of hydrogen-bond acceptors (Lipinski definition) is 6. The van der Waals surface area contributed by atoms with Crippen LogP contribution in [0.1, 0.15) is 16.8 Å². The van der Waals surface area contributed by atoms with E-state index in [-0.39, 0.29) is 0 Å². The fourth-order valence-electron chi connectivity index (χ4n) is 3.81. The van der Waals surface area contributed by atoms with E-state index in [1.165, 1.54) is 11.1 Å². The summed E-state index contributed by atoms with van der Waals surface area (Å²) in [5, 5.41) is 0. The Kier molecular flexibility index (Phi) is 6.35. The van der Waals surface area contributed by atoms with Gasteiger partial charge >= 0.3 is 0 Å². The lowest BCUT2D eigenvalue weighted by molar-refractivity contribution is 0.243. The molecule has 0 aliphatic carbocycles. The molecule has 0 saturated heterocycles. The first-order valence-corrected chi connectivity index (χ1v) is 10.5. The number of pyridine rings is 1. The van der Waals surface area contributed by atoms with E-state index in [4.69, 9.17) is 9.97 Å². The summed E-state index contributed by atoms with van der Waals surface area (Å²) < 4.78 is 0. The molecule has 0 saturated carbocycles. The van der Waals surface area contributed by atoms with Gasteiger partial charge in [-0.25, -0.2) is 9.97 Å². The van der Waals surface area contributed by atoms with Crippen LogP contribution in [0.15, 0.2) is 54.7 Å². The fourth-order valence-corrected chi connectivity index (χ4v) is 3.81. The number of benzene rings is 1. The first-order valence-electron chi connectivity index (χ1n) is 10.5. The van der Waals surface area contributed by atoms with Crippen LogP contribution in [-0.4, -0.2) is 65.5 Å². The van der Waals surface area contributed by atoms with E-state index in [0.717, 1.165) is 62.2 Å². The largest absolute Gasteiger partial charge is 0.358 e. The standard InChI is InChI=1S/C24H30N6/c1-28(2)15-16-29(3)24-20-18-30(17-19-9-5-4-6-10-19)14-12-21(20)26-23(27-24)22-11-7-8-13-25-22/h4-11,13H,12,14-18H2,1-3H3. The second kappa shape index (κ2) is 9.32. The number of anilines is 1. The molecular weight excluding hydrogens is 372 g/mol. The van der Waals surface area contributed by atoms with Crippen molar-refractivity contribution in [2.24, 2.45) is 0 Å². The van der Waals surface area contributed by atoms with Crippen molar-refractivity contribution in [3.63, 3.8) is 0 Å². The van der Waals surface area contributed by atoms with Gasteiger partial charge in [-0.3, -0.25) is 9.88 Å². The highest BCUT2D eigenvalue weighted by molar-refractivity contribution is 5.58. The van der Waals surface area contributed by atoms with Gasteiger partial charge in [0.15, 0.2) is 5.82 Å². The van der Waals surface area contributed by atoms with E-state index in [0.29, 0.717) is 0 Å². The van der Waals surface area contributed by atoms with Gasteiger partial charge in [0.05, 0.1) is 5.69 Å². The smallest absolute Gasteiger partial charge is 0.180 e. The Hall–Kier alpha value is -2.83. The van der Waals surface area contributed by atoms with Gasteiger partial charge in [-0.15, -0.1) is 0 Å². The lowest BCUT2D eigenvalue weighted by atomic mass is 10.0. The minimum absolute atomic E-state index is 0.720. The van der Waals surface area contributed by atoms with Crippen molar-refractivity contribution in [3.05, 3.63) is 71.5 Å². The van der Waals surface area contributed by atoms with Crippen molar-refractivity contribution in [1.82, 2.24) is 24.8 Å². The molecule has 0 fully saturated rings. The maximum absolute atomic E-state index is 4.98. The first-order chi connectivity index (χ1) is 14.6. The molecule has 2 aromatic heterocycles. The van der Waals surface area contributed by atoms with Crippen LogP contribution in [-0.2, 0) is 19.5 Å². The van der Waals surface area contributed by atoms with Gasteiger partial charge in [0.1, 0.15) is 11.5 Å². The number of aromatic nitrogens is 3. The lowest BCUT2D eigenvalue weighted by Crippen LogP contribution is -2.35. The monoisotopic (exact) mass is 402 g/mol. The summed E-state index contributed by atoms with van der Waals surface area (Å²) in [6.07, 6.45) is 2.73. The highest BCUT2D eigenvalue weighted by Gasteiger charge is 2.25. The number of likely N-dealkylation sites (N-methyl/N-ethyl adjacent to an activating group) is 2. The average molecular weight is 403 g/mol. The topological polar surface area (TPSA) is 48.4 Å². The number of fused-ring (bicyclic) bond motifs is 1. The molecule has 1 aromatic carbocycles. The van der Waals surface area contributed by atoms with E-state index in [9.17, 15) is 0 Å². The molecule has 0 N–H and O–H groups in total. The van der Waals surface area contributed by atoms with E-state index >= 15 is 0 Å². The van der Waals surface area contributed by atoms with Crippen molar-refractivity contribution in [3.8, 4) is 11.5 Å². The molecule has 0 bridgehead atoms. The molecule has 6 nitrogen and oxygen atoms in total. The first kappa shape index (κ1) is 20.4. The van der Waals surface area contributed by atoms with Crippen LogP contribution in [0.4, 0.5) is 5.82 Å². The second-order valence-corrected chi connectivity index (χ2v) is 8.18. The van der Waals surface area contributed by atoms with Gasteiger partial charge in [0.25, 0.3) is 0 Å². The number of hydrogen-bond donors (Lipinski definition) is 0. The highest BCUT2D eigenvalue weighted by atomic mass is 15.2. The van der Waals surface area contributed by atoms with Crippen LogP contribution in [0.2, 0.25) is 0 Å². The van der Waals surface area contributed by atoms with Crippen LogP contribution in [0.5, 0.6) is 0 Å². The van der Waals surface area contributed by atoms with E-state index in [1.807, 2.05) is 18.2 Å². The van der Waals surface area contributed by atoms with E-state index < -0.39 is 0 Å². The summed E-state index contributed by atoms with van der Waals surface area (Å²) in [6, 6.07) is 16.6. The molecule has 0 radical (unpaired) electrons. The van der Waals surface area contributed by atoms with Crippen molar-refractivity contribution >= 4 is 5.82 Å². The Bertz CT molecular complexity index is 958. The molecule has 1 aliphatic heterocycles. The molecule has 0 spiro atoms. The minimum Gasteiger partial charge on any atom is -0.358 e. The zero-order chi connectivity index (χ0) is 20.9. The average Bonchev–Trinajstić information content (AvgIpc) is 2.78. The summed E-state index contributed by atoms with van der Waals surface area (Å²) in [5.41, 5.74) is 4.57. The Balaban J connectivity index is 1.65. The maximum Gasteiger partial charge on any atom is 0.180 e. The normalized spacial score (nSPS) is 14.0.